The molecule has 0 spiro atoms. The van der Waals surface area contributed by atoms with Crippen molar-refractivity contribution in [3.8, 4) is 11.5 Å². The van der Waals surface area contributed by atoms with E-state index in [-0.39, 0.29) is 5.75 Å². The summed E-state index contributed by atoms with van der Waals surface area (Å²) in [5, 5.41) is 16.4. The molecule has 2 rings (SSSR count). The first kappa shape index (κ1) is 19.1. The minimum Gasteiger partial charge on any atom is -0.504 e. The van der Waals surface area contributed by atoms with Gasteiger partial charge in [0.15, 0.2) is 17.5 Å². The van der Waals surface area contributed by atoms with E-state index in [9.17, 15) is 5.11 Å². The Labute approximate surface area is 153 Å². The first-order valence-corrected chi connectivity index (χ1v) is 9.52. The van der Waals surface area contributed by atoms with E-state index in [4.69, 9.17) is 4.74 Å². The molecule has 0 aliphatic carbocycles. The summed E-state index contributed by atoms with van der Waals surface area (Å²) in [5.41, 5.74) is 0.989. The third-order valence-electron chi connectivity index (χ3n) is 3.58. The SMILES string of the molecule is CCNC(=NCc1ccc(O)c(OCC)c1)NCc1ccc(CC)s1. The molecule has 136 valence electrons. The molecule has 0 saturated heterocycles. The highest BCUT2D eigenvalue weighted by Gasteiger charge is 2.05. The maximum absolute atomic E-state index is 9.78. The Morgan fingerprint density at radius 2 is 1.92 bits per heavy atom. The molecule has 0 fully saturated rings. The predicted octanol–water partition coefficient (Wildman–Crippen LogP) is 3.67. The Morgan fingerprint density at radius 3 is 2.60 bits per heavy atom. The monoisotopic (exact) mass is 361 g/mol. The molecule has 3 N–H and O–H groups in total. The van der Waals surface area contributed by atoms with Gasteiger partial charge in [-0.05, 0) is 50.1 Å². The Morgan fingerprint density at radius 1 is 1.12 bits per heavy atom. The van der Waals surface area contributed by atoms with Gasteiger partial charge in [-0.15, -0.1) is 11.3 Å². The zero-order chi connectivity index (χ0) is 18.1. The van der Waals surface area contributed by atoms with E-state index in [1.807, 2.05) is 37.3 Å². The molecule has 1 heterocycles. The number of aromatic hydroxyl groups is 1. The molecular weight excluding hydrogens is 334 g/mol. The number of nitrogens with one attached hydrogen (secondary N) is 2. The van der Waals surface area contributed by atoms with Gasteiger partial charge in [-0.2, -0.15) is 0 Å². The lowest BCUT2D eigenvalue weighted by atomic mass is 10.2. The number of nitrogens with zero attached hydrogens (tertiary/aromatic N) is 1. The van der Waals surface area contributed by atoms with E-state index in [1.165, 1.54) is 9.75 Å². The second-order valence-corrected chi connectivity index (χ2v) is 6.76. The van der Waals surface area contributed by atoms with Crippen LogP contribution in [0.1, 0.15) is 36.1 Å². The van der Waals surface area contributed by atoms with Crippen LogP contribution in [0.3, 0.4) is 0 Å². The maximum atomic E-state index is 9.78. The lowest BCUT2D eigenvalue weighted by Gasteiger charge is -2.11. The summed E-state index contributed by atoms with van der Waals surface area (Å²) in [6, 6.07) is 9.68. The number of benzene rings is 1. The first-order valence-electron chi connectivity index (χ1n) is 8.70. The van der Waals surface area contributed by atoms with Crippen LogP contribution in [0, 0.1) is 0 Å². The van der Waals surface area contributed by atoms with Gasteiger partial charge < -0.3 is 20.5 Å². The van der Waals surface area contributed by atoms with Crippen LogP contribution in [-0.4, -0.2) is 24.2 Å². The zero-order valence-electron chi connectivity index (χ0n) is 15.1. The summed E-state index contributed by atoms with van der Waals surface area (Å²) in [4.78, 5) is 7.31. The van der Waals surface area contributed by atoms with Crippen molar-refractivity contribution in [2.75, 3.05) is 13.2 Å². The van der Waals surface area contributed by atoms with Gasteiger partial charge in [-0.3, -0.25) is 0 Å². The van der Waals surface area contributed by atoms with Gasteiger partial charge in [-0.25, -0.2) is 4.99 Å². The molecule has 0 aliphatic heterocycles. The van der Waals surface area contributed by atoms with Gasteiger partial charge in [0.05, 0.1) is 19.7 Å². The number of ether oxygens (including phenoxy) is 1. The second-order valence-electron chi connectivity index (χ2n) is 5.51. The Hall–Kier alpha value is -2.21. The molecule has 0 unspecified atom stereocenters. The Balaban J connectivity index is 1.99. The standard InChI is InChI=1S/C19H27N3O2S/c1-4-15-8-9-16(25-15)13-22-19(20-5-2)21-12-14-7-10-17(23)18(11-14)24-6-3/h7-11,23H,4-6,12-13H2,1-3H3,(H2,20,21,22). The molecule has 1 aromatic carbocycles. The smallest absolute Gasteiger partial charge is 0.191 e. The third kappa shape index (κ3) is 5.98. The molecule has 0 atom stereocenters. The van der Waals surface area contributed by atoms with Crippen molar-refractivity contribution in [2.24, 2.45) is 4.99 Å². The van der Waals surface area contributed by atoms with E-state index < -0.39 is 0 Å². The van der Waals surface area contributed by atoms with E-state index in [0.717, 1.165) is 31.0 Å². The lowest BCUT2D eigenvalue weighted by Crippen LogP contribution is -2.36. The Bertz CT molecular complexity index is 698. The highest BCUT2D eigenvalue weighted by Crippen LogP contribution is 2.27. The number of aryl methyl sites for hydroxylation is 1. The lowest BCUT2D eigenvalue weighted by molar-refractivity contribution is 0.318. The average Bonchev–Trinajstić information content (AvgIpc) is 3.08. The summed E-state index contributed by atoms with van der Waals surface area (Å²) in [5.74, 6) is 1.43. The maximum Gasteiger partial charge on any atom is 0.191 e. The molecule has 1 aromatic heterocycles. The molecule has 0 saturated carbocycles. The van der Waals surface area contributed by atoms with Gasteiger partial charge in [0, 0.05) is 16.3 Å². The van der Waals surface area contributed by atoms with Crippen LogP contribution in [0.5, 0.6) is 11.5 Å². The molecule has 25 heavy (non-hydrogen) atoms. The quantitative estimate of drug-likeness (QED) is 0.496. The average molecular weight is 362 g/mol. The number of phenols is 1. The second kappa shape index (κ2) is 9.93. The third-order valence-corrected chi connectivity index (χ3v) is 4.81. The fourth-order valence-electron chi connectivity index (χ4n) is 2.32. The van der Waals surface area contributed by atoms with Crippen LogP contribution in [0.25, 0.3) is 0 Å². The van der Waals surface area contributed by atoms with Gasteiger partial charge in [-0.1, -0.05) is 13.0 Å². The van der Waals surface area contributed by atoms with Crippen LogP contribution in [0.15, 0.2) is 35.3 Å². The number of hydrogen-bond acceptors (Lipinski definition) is 4. The first-order chi connectivity index (χ1) is 12.2. The van der Waals surface area contributed by atoms with Crippen molar-refractivity contribution < 1.29 is 9.84 Å². The van der Waals surface area contributed by atoms with Crippen molar-refractivity contribution >= 4 is 17.3 Å². The molecule has 0 amide bonds. The number of thiophene rings is 1. The minimum absolute atomic E-state index is 0.157. The van der Waals surface area contributed by atoms with Crippen LogP contribution in [-0.2, 0) is 19.5 Å². The molecule has 0 radical (unpaired) electrons. The highest BCUT2D eigenvalue weighted by atomic mass is 32.1. The van der Waals surface area contributed by atoms with Crippen LogP contribution in [0.4, 0.5) is 0 Å². The van der Waals surface area contributed by atoms with Crippen LogP contribution >= 0.6 is 11.3 Å². The molecule has 0 aliphatic rings. The number of phenolic OH excluding ortho intramolecular Hbond substituents is 1. The predicted molar refractivity (Wildman–Crippen MR) is 105 cm³/mol. The van der Waals surface area contributed by atoms with Crippen molar-refractivity contribution in [1.29, 1.82) is 0 Å². The van der Waals surface area contributed by atoms with Gasteiger partial charge in [0.25, 0.3) is 0 Å². The molecule has 0 bridgehead atoms. The van der Waals surface area contributed by atoms with Crippen molar-refractivity contribution in [3.05, 3.63) is 45.6 Å². The van der Waals surface area contributed by atoms with Gasteiger partial charge >= 0.3 is 0 Å². The van der Waals surface area contributed by atoms with E-state index >= 15 is 0 Å². The summed E-state index contributed by atoms with van der Waals surface area (Å²) in [7, 11) is 0. The number of hydrogen-bond donors (Lipinski definition) is 3. The van der Waals surface area contributed by atoms with E-state index in [1.54, 1.807) is 6.07 Å². The summed E-state index contributed by atoms with van der Waals surface area (Å²) in [6.07, 6.45) is 1.07. The van der Waals surface area contributed by atoms with Gasteiger partial charge in [0.2, 0.25) is 0 Å². The van der Waals surface area contributed by atoms with E-state index in [2.05, 4.69) is 34.7 Å². The molecule has 2 aromatic rings. The fourth-order valence-corrected chi connectivity index (χ4v) is 3.22. The summed E-state index contributed by atoms with van der Waals surface area (Å²) in [6.45, 7) is 8.71. The van der Waals surface area contributed by atoms with Crippen molar-refractivity contribution in [1.82, 2.24) is 10.6 Å². The molecular formula is C19H27N3O2S. The van der Waals surface area contributed by atoms with Crippen molar-refractivity contribution in [3.63, 3.8) is 0 Å². The molecule has 6 heteroatoms. The van der Waals surface area contributed by atoms with Crippen LogP contribution in [0.2, 0.25) is 0 Å². The largest absolute Gasteiger partial charge is 0.504 e. The summed E-state index contributed by atoms with van der Waals surface area (Å²) < 4.78 is 5.42. The number of rotatable bonds is 8. The minimum atomic E-state index is 0.157. The Kier molecular flexibility index (Phi) is 7.60. The normalized spacial score (nSPS) is 11.4. The zero-order valence-corrected chi connectivity index (χ0v) is 15.9. The summed E-state index contributed by atoms with van der Waals surface area (Å²) >= 11 is 1.83. The van der Waals surface area contributed by atoms with Crippen LogP contribution < -0.4 is 15.4 Å². The molecule has 5 nitrogen and oxygen atoms in total. The number of guanidine groups is 1. The van der Waals surface area contributed by atoms with E-state index in [0.29, 0.717) is 18.9 Å². The number of aliphatic imine (C=N–C) groups is 1. The fraction of sp³-hybridized carbons (Fsp3) is 0.421. The highest BCUT2D eigenvalue weighted by molar-refractivity contribution is 7.11. The van der Waals surface area contributed by atoms with Gasteiger partial charge in [0.1, 0.15) is 0 Å². The van der Waals surface area contributed by atoms with Crippen molar-refractivity contribution in [2.45, 2.75) is 40.3 Å². The topological polar surface area (TPSA) is 65.9 Å².